The van der Waals surface area contributed by atoms with Crippen LogP contribution in [0.15, 0.2) is 52.5 Å². The van der Waals surface area contributed by atoms with Crippen LogP contribution < -0.4 is 4.74 Å². The first-order chi connectivity index (χ1) is 12.7. The summed E-state index contributed by atoms with van der Waals surface area (Å²) in [6.45, 7) is 1.54. The summed E-state index contributed by atoms with van der Waals surface area (Å²) < 4.78 is 11.9. The zero-order chi connectivity index (χ0) is 17.9. The molecule has 2 atom stereocenters. The maximum absolute atomic E-state index is 11.4. The van der Waals surface area contributed by atoms with Gasteiger partial charge in [-0.15, -0.1) is 11.3 Å². The van der Waals surface area contributed by atoms with Crippen LogP contribution in [-0.2, 0) is 4.79 Å². The van der Waals surface area contributed by atoms with Crippen molar-refractivity contribution in [1.29, 1.82) is 0 Å². The first kappa shape index (κ1) is 17.1. The number of fused-ring (bicyclic) bond motifs is 1. The van der Waals surface area contributed by atoms with Crippen molar-refractivity contribution in [1.82, 2.24) is 4.90 Å². The molecule has 2 aromatic heterocycles. The van der Waals surface area contributed by atoms with E-state index in [4.69, 9.17) is 9.15 Å². The normalized spacial score (nSPS) is 19.0. The summed E-state index contributed by atoms with van der Waals surface area (Å²) in [5, 5.41) is 12.4. The molecule has 0 aliphatic carbocycles. The summed E-state index contributed by atoms with van der Waals surface area (Å²) in [7, 11) is 0. The predicted molar refractivity (Wildman–Crippen MR) is 101 cm³/mol. The average molecular weight is 371 g/mol. The van der Waals surface area contributed by atoms with Gasteiger partial charge in [0.1, 0.15) is 12.1 Å². The van der Waals surface area contributed by atoms with Crippen molar-refractivity contribution in [2.75, 3.05) is 13.1 Å². The second kappa shape index (κ2) is 7.51. The zero-order valence-corrected chi connectivity index (χ0v) is 15.2. The molecule has 1 saturated heterocycles. The molecular weight excluding hydrogens is 350 g/mol. The lowest BCUT2D eigenvalue weighted by molar-refractivity contribution is -0.142. The minimum Gasteiger partial charge on any atom is -0.481 e. The summed E-state index contributed by atoms with van der Waals surface area (Å²) in [6, 6.07) is 11.5. The number of hydrogen-bond acceptors (Lipinski definition) is 5. The van der Waals surface area contributed by atoms with Crippen LogP contribution >= 0.6 is 11.3 Å². The number of carbonyl (C=O) groups is 1. The number of ether oxygens (including phenoxy) is 1. The third-order valence-corrected chi connectivity index (χ3v) is 5.86. The molecule has 6 heteroatoms. The van der Waals surface area contributed by atoms with Crippen LogP contribution in [0.2, 0.25) is 0 Å². The SMILES string of the molecule is O=C(O)[C@@H]1CCCN1CCC(Oc1cccc2ccoc12)c1cccs1. The molecule has 0 saturated carbocycles. The van der Waals surface area contributed by atoms with Crippen LogP contribution in [0.4, 0.5) is 0 Å². The Morgan fingerprint density at radius 3 is 3.08 bits per heavy atom. The van der Waals surface area contributed by atoms with E-state index < -0.39 is 5.97 Å². The summed E-state index contributed by atoms with van der Waals surface area (Å²) in [5.74, 6) is -0.00134. The molecule has 1 N–H and O–H groups in total. The van der Waals surface area contributed by atoms with Crippen LogP contribution in [0.3, 0.4) is 0 Å². The second-order valence-electron chi connectivity index (χ2n) is 6.54. The number of para-hydroxylation sites is 1. The highest BCUT2D eigenvalue weighted by Gasteiger charge is 2.31. The van der Waals surface area contributed by atoms with Crippen molar-refractivity contribution in [2.45, 2.75) is 31.4 Å². The van der Waals surface area contributed by atoms with Gasteiger partial charge in [-0.1, -0.05) is 18.2 Å². The summed E-state index contributed by atoms with van der Waals surface area (Å²) >= 11 is 1.66. The number of thiophene rings is 1. The van der Waals surface area contributed by atoms with E-state index in [0.29, 0.717) is 6.54 Å². The molecule has 0 amide bonds. The standard InChI is InChI=1S/C20H21NO4S/c22-20(23)15-5-2-10-21(15)11-8-16(18-7-3-13-26-18)25-17-6-1-4-14-9-12-24-19(14)17/h1,3-4,6-7,9,12-13,15-16H,2,5,8,10-11H2,(H,22,23)/t15-,16?/m0/s1. The molecule has 1 fully saturated rings. The molecule has 1 aliphatic heterocycles. The van der Waals surface area contributed by atoms with Gasteiger partial charge in [-0.2, -0.15) is 0 Å². The Hall–Kier alpha value is -2.31. The molecule has 0 radical (unpaired) electrons. The smallest absolute Gasteiger partial charge is 0.320 e. The number of hydrogen-bond donors (Lipinski definition) is 1. The fourth-order valence-electron chi connectivity index (χ4n) is 3.60. The Kier molecular flexibility index (Phi) is 4.95. The Bertz CT molecular complexity index is 873. The highest BCUT2D eigenvalue weighted by Crippen LogP contribution is 2.34. The van der Waals surface area contributed by atoms with Crippen LogP contribution in [0.5, 0.6) is 5.75 Å². The van der Waals surface area contributed by atoms with Crippen molar-refractivity contribution in [3.05, 3.63) is 52.9 Å². The predicted octanol–water partition coefficient (Wildman–Crippen LogP) is 4.55. The molecule has 26 heavy (non-hydrogen) atoms. The molecule has 5 nitrogen and oxygen atoms in total. The monoisotopic (exact) mass is 371 g/mol. The molecule has 4 rings (SSSR count). The first-order valence-electron chi connectivity index (χ1n) is 8.85. The van der Waals surface area contributed by atoms with Crippen molar-refractivity contribution >= 4 is 28.3 Å². The van der Waals surface area contributed by atoms with E-state index in [9.17, 15) is 9.90 Å². The van der Waals surface area contributed by atoms with E-state index in [1.165, 1.54) is 0 Å². The number of carboxylic acid groups (broad SMARTS) is 1. The van der Waals surface area contributed by atoms with Gasteiger partial charge in [0, 0.05) is 23.2 Å². The first-order valence-corrected chi connectivity index (χ1v) is 9.73. The van der Waals surface area contributed by atoms with Crippen LogP contribution in [-0.4, -0.2) is 35.1 Å². The van der Waals surface area contributed by atoms with Crippen molar-refractivity contribution in [3.63, 3.8) is 0 Å². The van der Waals surface area contributed by atoms with Crippen LogP contribution in [0.25, 0.3) is 11.0 Å². The number of aliphatic carboxylic acids is 1. The van der Waals surface area contributed by atoms with Crippen LogP contribution in [0, 0.1) is 0 Å². The van der Waals surface area contributed by atoms with Crippen molar-refractivity contribution in [2.24, 2.45) is 0 Å². The molecule has 3 aromatic rings. The Morgan fingerprint density at radius 2 is 2.27 bits per heavy atom. The highest BCUT2D eigenvalue weighted by molar-refractivity contribution is 7.10. The average Bonchev–Trinajstić information content (AvgIpc) is 3.39. The van der Waals surface area contributed by atoms with Gasteiger partial charge in [0.05, 0.1) is 6.26 Å². The van der Waals surface area contributed by atoms with Gasteiger partial charge in [0.15, 0.2) is 11.3 Å². The van der Waals surface area contributed by atoms with Gasteiger partial charge in [-0.25, -0.2) is 0 Å². The number of nitrogens with zero attached hydrogens (tertiary/aromatic N) is 1. The Labute approximate surface area is 155 Å². The van der Waals surface area contributed by atoms with E-state index in [1.807, 2.05) is 35.7 Å². The summed E-state index contributed by atoms with van der Waals surface area (Å²) in [6.07, 6.45) is 3.94. The van der Waals surface area contributed by atoms with E-state index in [-0.39, 0.29) is 12.1 Å². The molecule has 1 aromatic carbocycles. The third-order valence-electron chi connectivity index (χ3n) is 4.90. The highest BCUT2D eigenvalue weighted by atomic mass is 32.1. The number of rotatable bonds is 7. The summed E-state index contributed by atoms with van der Waals surface area (Å²) in [5.41, 5.74) is 0.749. The fraction of sp³-hybridized carbons (Fsp3) is 0.350. The van der Waals surface area contributed by atoms with Gasteiger partial charge in [-0.05, 0) is 43.0 Å². The van der Waals surface area contributed by atoms with Crippen molar-refractivity contribution < 1.29 is 19.1 Å². The molecule has 136 valence electrons. The number of benzene rings is 1. The van der Waals surface area contributed by atoms with Gasteiger partial charge >= 0.3 is 5.97 Å². The van der Waals surface area contributed by atoms with Gasteiger partial charge in [0.2, 0.25) is 0 Å². The largest absolute Gasteiger partial charge is 0.481 e. The molecule has 0 bridgehead atoms. The van der Waals surface area contributed by atoms with Crippen molar-refractivity contribution in [3.8, 4) is 5.75 Å². The van der Waals surface area contributed by atoms with Gasteiger partial charge in [-0.3, -0.25) is 9.69 Å². The number of carboxylic acids is 1. The minimum atomic E-state index is -0.726. The topological polar surface area (TPSA) is 62.9 Å². The maximum Gasteiger partial charge on any atom is 0.320 e. The molecule has 3 heterocycles. The van der Waals surface area contributed by atoms with Crippen LogP contribution in [0.1, 0.15) is 30.2 Å². The third kappa shape index (κ3) is 3.48. The van der Waals surface area contributed by atoms with E-state index in [0.717, 1.165) is 47.4 Å². The van der Waals surface area contributed by atoms with E-state index in [2.05, 4.69) is 11.0 Å². The second-order valence-corrected chi connectivity index (χ2v) is 7.52. The molecule has 1 unspecified atom stereocenters. The number of furan rings is 1. The minimum absolute atomic E-state index is 0.124. The summed E-state index contributed by atoms with van der Waals surface area (Å²) in [4.78, 5) is 14.6. The van der Waals surface area contributed by atoms with E-state index >= 15 is 0 Å². The van der Waals surface area contributed by atoms with Gasteiger partial charge < -0.3 is 14.3 Å². The lowest BCUT2D eigenvalue weighted by Crippen LogP contribution is -2.37. The molecule has 1 aliphatic rings. The Balaban J connectivity index is 1.52. The fourth-order valence-corrected chi connectivity index (χ4v) is 4.39. The molecular formula is C20H21NO4S. The number of likely N-dealkylation sites (tertiary alicyclic amines) is 1. The Morgan fingerprint density at radius 1 is 1.35 bits per heavy atom. The quantitative estimate of drug-likeness (QED) is 0.660. The molecule has 0 spiro atoms. The lowest BCUT2D eigenvalue weighted by Gasteiger charge is -2.24. The zero-order valence-electron chi connectivity index (χ0n) is 14.3. The lowest BCUT2D eigenvalue weighted by atomic mass is 10.1. The van der Waals surface area contributed by atoms with Gasteiger partial charge in [0.25, 0.3) is 0 Å². The maximum atomic E-state index is 11.4. The van der Waals surface area contributed by atoms with E-state index in [1.54, 1.807) is 17.6 Å².